The van der Waals surface area contributed by atoms with Crippen LogP contribution in [0.2, 0.25) is 0 Å². The summed E-state index contributed by atoms with van der Waals surface area (Å²) in [6.45, 7) is 12.2. The number of pyridine rings is 2. The summed E-state index contributed by atoms with van der Waals surface area (Å²) in [4.78, 5) is 41.7. The highest BCUT2D eigenvalue weighted by atomic mass is 16.6. The number of carbonyl (C=O) groups excluding carboxylic acids is 1. The van der Waals surface area contributed by atoms with E-state index < -0.39 is 5.60 Å². The predicted octanol–water partition coefficient (Wildman–Crippen LogP) is 4.08. The molecule has 1 saturated heterocycles. The Kier molecular flexibility index (Phi) is 7.23. The van der Waals surface area contributed by atoms with E-state index >= 15 is 0 Å². The topological polar surface area (TPSA) is 105 Å². The van der Waals surface area contributed by atoms with Gasteiger partial charge in [-0.3, -0.25) is 4.79 Å². The van der Waals surface area contributed by atoms with Crippen molar-refractivity contribution in [2.75, 3.05) is 36.4 Å². The molecule has 3 aromatic rings. The normalized spacial score (nSPS) is 14.2. The van der Waals surface area contributed by atoms with E-state index in [1.165, 1.54) is 0 Å². The third-order valence-corrected chi connectivity index (χ3v) is 5.73. The SMILES string of the molecule is CC(C)n1cc(-c2ccnc(Nc3ccc(N4CCN(C(=O)OC(C)(C)C)CC4)cn3)n2)ccc1=O. The van der Waals surface area contributed by atoms with Crippen LogP contribution >= 0.6 is 0 Å². The van der Waals surface area contributed by atoms with Gasteiger partial charge in [0.2, 0.25) is 5.95 Å². The van der Waals surface area contributed by atoms with E-state index in [0.29, 0.717) is 43.6 Å². The molecule has 1 N–H and O–H groups in total. The molecular weight excluding hydrogens is 458 g/mol. The lowest BCUT2D eigenvalue weighted by molar-refractivity contribution is 0.0240. The summed E-state index contributed by atoms with van der Waals surface area (Å²) in [6.07, 6.45) is 5.02. The molecule has 10 nitrogen and oxygen atoms in total. The lowest BCUT2D eigenvalue weighted by Crippen LogP contribution is -2.50. The van der Waals surface area contributed by atoms with Gasteiger partial charge in [0, 0.05) is 56.2 Å². The average Bonchev–Trinajstić information content (AvgIpc) is 2.84. The summed E-state index contributed by atoms with van der Waals surface area (Å²) in [5.41, 5.74) is 1.98. The Hall–Kier alpha value is -3.95. The van der Waals surface area contributed by atoms with Gasteiger partial charge in [-0.05, 0) is 58.9 Å². The Morgan fingerprint density at radius 1 is 1.03 bits per heavy atom. The van der Waals surface area contributed by atoms with Crippen LogP contribution in [0.1, 0.15) is 40.7 Å². The summed E-state index contributed by atoms with van der Waals surface area (Å²) >= 11 is 0. The number of rotatable bonds is 5. The van der Waals surface area contributed by atoms with Gasteiger partial charge in [-0.25, -0.2) is 19.7 Å². The lowest BCUT2D eigenvalue weighted by atomic mass is 10.2. The van der Waals surface area contributed by atoms with Crippen LogP contribution in [0.15, 0.2) is 53.7 Å². The van der Waals surface area contributed by atoms with Crippen molar-refractivity contribution in [3.8, 4) is 11.3 Å². The number of aromatic nitrogens is 4. The molecule has 190 valence electrons. The summed E-state index contributed by atoms with van der Waals surface area (Å²) in [6, 6.07) is 9.05. The van der Waals surface area contributed by atoms with E-state index in [9.17, 15) is 9.59 Å². The molecule has 4 rings (SSSR count). The fraction of sp³-hybridized carbons (Fsp3) is 0.423. The minimum Gasteiger partial charge on any atom is -0.444 e. The van der Waals surface area contributed by atoms with E-state index in [-0.39, 0.29) is 17.7 Å². The summed E-state index contributed by atoms with van der Waals surface area (Å²) in [5.74, 6) is 1.04. The largest absolute Gasteiger partial charge is 0.444 e. The number of ether oxygens (including phenoxy) is 1. The van der Waals surface area contributed by atoms with Crippen molar-refractivity contribution in [2.45, 2.75) is 46.3 Å². The monoisotopic (exact) mass is 491 g/mol. The highest BCUT2D eigenvalue weighted by Gasteiger charge is 2.26. The average molecular weight is 492 g/mol. The van der Waals surface area contributed by atoms with Gasteiger partial charge in [-0.15, -0.1) is 0 Å². The molecule has 1 aliphatic rings. The van der Waals surface area contributed by atoms with Crippen molar-refractivity contribution < 1.29 is 9.53 Å². The number of nitrogens with zero attached hydrogens (tertiary/aromatic N) is 6. The third kappa shape index (κ3) is 6.18. The van der Waals surface area contributed by atoms with Crippen LogP contribution in [-0.2, 0) is 4.74 Å². The van der Waals surface area contributed by atoms with Crippen molar-refractivity contribution in [1.29, 1.82) is 0 Å². The Balaban J connectivity index is 1.39. The van der Waals surface area contributed by atoms with E-state index in [2.05, 4.69) is 25.2 Å². The molecule has 0 spiro atoms. The summed E-state index contributed by atoms with van der Waals surface area (Å²) < 4.78 is 7.15. The van der Waals surface area contributed by atoms with Gasteiger partial charge >= 0.3 is 6.09 Å². The first-order valence-electron chi connectivity index (χ1n) is 12.1. The van der Waals surface area contributed by atoms with Crippen LogP contribution in [0.5, 0.6) is 0 Å². The minimum absolute atomic E-state index is 0.0447. The smallest absolute Gasteiger partial charge is 0.410 e. The molecule has 1 amide bonds. The van der Waals surface area contributed by atoms with Gasteiger partial charge in [-0.1, -0.05) is 0 Å². The van der Waals surface area contributed by atoms with Gasteiger partial charge in [-0.2, -0.15) is 0 Å². The van der Waals surface area contributed by atoms with Gasteiger partial charge < -0.3 is 24.4 Å². The van der Waals surface area contributed by atoms with Crippen molar-refractivity contribution in [2.24, 2.45) is 0 Å². The molecule has 0 atom stereocenters. The van der Waals surface area contributed by atoms with E-state index in [1.54, 1.807) is 34.0 Å². The number of hydrogen-bond donors (Lipinski definition) is 1. The molecule has 3 aromatic heterocycles. The second kappa shape index (κ2) is 10.3. The quantitative estimate of drug-likeness (QED) is 0.569. The number of hydrogen-bond acceptors (Lipinski definition) is 8. The fourth-order valence-corrected chi connectivity index (χ4v) is 3.87. The molecular formula is C26H33N7O3. The van der Waals surface area contributed by atoms with Crippen molar-refractivity contribution in [3.05, 3.63) is 59.3 Å². The third-order valence-electron chi connectivity index (χ3n) is 5.73. The summed E-state index contributed by atoms with van der Waals surface area (Å²) in [5, 5.41) is 3.15. The first kappa shape index (κ1) is 25.2. The number of nitrogens with one attached hydrogen (secondary N) is 1. The maximum absolute atomic E-state index is 12.3. The van der Waals surface area contributed by atoms with Crippen LogP contribution in [0.4, 0.5) is 22.2 Å². The number of piperazine rings is 1. The van der Waals surface area contributed by atoms with E-state index in [0.717, 1.165) is 11.3 Å². The Bertz CT molecular complexity index is 1260. The van der Waals surface area contributed by atoms with Crippen molar-refractivity contribution in [3.63, 3.8) is 0 Å². The molecule has 1 fully saturated rings. The van der Waals surface area contributed by atoms with Crippen molar-refractivity contribution >= 4 is 23.5 Å². The van der Waals surface area contributed by atoms with Crippen molar-refractivity contribution in [1.82, 2.24) is 24.4 Å². The van der Waals surface area contributed by atoms with Gasteiger partial charge in [0.05, 0.1) is 17.6 Å². The van der Waals surface area contributed by atoms with Crippen LogP contribution < -0.4 is 15.8 Å². The number of amides is 1. The molecule has 36 heavy (non-hydrogen) atoms. The summed E-state index contributed by atoms with van der Waals surface area (Å²) in [7, 11) is 0. The number of anilines is 3. The second-order valence-corrected chi connectivity index (χ2v) is 10.0. The minimum atomic E-state index is -0.498. The molecule has 0 aromatic carbocycles. The standard InChI is InChI=1S/C26H33N7O3/c1-18(2)33-17-19(6-9-23(33)34)21-10-11-27-24(29-21)30-22-8-7-20(16-28-22)31-12-14-32(15-13-31)25(35)36-26(3,4)5/h6-11,16-18H,12-15H2,1-5H3,(H,27,28,29,30). The number of carbonyl (C=O) groups is 1. The molecule has 1 aliphatic heterocycles. The molecule has 0 saturated carbocycles. The molecule has 0 unspecified atom stereocenters. The lowest BCUT2D eigenvalue weighted by Gasteiger charge is -2.36. The zero-order valence-corrected chi connectivity index (χ0v) is 21.4. The zero-order valence-electron chi connectivity index (χ0n) is 21.4. The predicted molar refractivity (Wildman–Crippen MR) is 140 cm³/mol. The Morgan fingerprint density at radius 2 is 1.78 bits per heavy atom. The van der Waals surface area contributed by atoms with Crippen LogP contribution in [0.25, 0.3) is 11.3 Å². The maximum atomic E-state index is 12.3. The van der Waals surface area contributed by atoms with E-state index in [4.69, 9.17) is 4.74 Å². The van der Waals surface area contributed by atoms with Gasteiger partial charge in [0.25, 0.3) is 5.56 Å². The highest BCUT2D eigenvalue weighted by molar-refractivity contribution is 5.68. The Labute approximate surface area is 211 Å². The molecule has 0 aliphatic carbocycles. The first-order chi connectivity index (χ1) is 17.1. The maximum Gasteiger partial charge on any atom is 0.410 e. The van der Waals surface area contributed by atoms with E-state index in [1.807, 2.05) is 59.0 Å². The van der Waals surface area contributed by atoms with Gasteiger partial charge in [0.15, 0.2) is 0 Å². The molecule has 0 radical (unpaired) electrons. The zero-order chi connectivity index (χ0) is 25.9. The molecule has 10 heteroatoms. The Morgan fingerprint density at radius 3 is 2.42 bits per heavy atom. The first-order valence-corrected chi connectivity index (χ1v) is 12.1. The highest BCUT2D eigenvalue weighted by Crippen LogP contribution is 2.21. The fourth-order valence-electron chi connectivity index (χ4n) is 3.87. The molecule has 0 bridgehead atoms. The van der Waals surface area contributed by atoms with Crippen LogP contribution in [-0.4, -0.2) is 62.3 Å². The van der Waals surface area contributed by atoms with Crippen LogP contribution in [0.3, 0.4) is 0 Å². The molecule has 4 heterocycles. The second-order valence-electron chi connectivity index (χ2n) is 10.0. The van der Waals surface area contributed by atoms with Gasteiger partial charge in [0.1, 0.15) is 11.4 Å². The van der Waals surface area contributed by atoms with Crippen LogP contribution in [0, 0.1) is 0 Å².